The number of aromatic nitrogens is 3. The van der Waals surface area contributed by atoms with Gasteiger partial charge in [0.2, 0.25) is 0 Å². The van der Waals surface area contributed by atoms with E-state index in [1.54, 1.807) is 4.68 Å². The average Bonchev–Trinajstić information content (AvgIpc) is 2.90. The van der Waals surface area contributed by atoms with Crippen LogP contribution in [-0.4, -0.2) is 32.8 Å². The molecule has 94 valence electrons. The normalized spacial score (nSPS) is 24.1. The second-order valence-electron chi connectivity index (χ2n) is 4.68. The van der Waals surface area contributed by atoms with Gasteiger partial charge in [-0.25, -0.2) is 9.67 Å². The molecule has 0 bridgehead atoms. The molecule has 0 N–H and O–H groups in total. The second-order valence-corrected chi connectivity index (χ2v) is 4.68. The summed E-state index contributed by atoms with van der Waals surface area (Å²) < 4.78 is 7.35. The van der Waals surface area contributed by atoms with Gasteiger partial charge in [-0.05, 0) is 26.2 Å². The van der Waals surface area contributed by atoms with Crippen molar-refractivity contribution in [3.8, 4) is 0 Å². The van der Waals surface area contributed by atoms with Gasteiger partial charge in [-0.3, -0.25) is 4.79 Å². The van der Waals surface area contributed by atoms with E-state index in [0.29, 0.717) is 13.0 Å². The number of Topliss-reactive ketones (excluding diaryl/α,β-unsaturated/α-hetero) is 1. The van der Waals surface area contributed by atoms with Gasteiger partial charge in [0.1, 0.15) is 17.8 Å². The van der Waals surface area contributed by atoms with Crippen molar-refractivity contribution < 1.29 is 9.53 Å². The highest BCUT2D eigenvalue weighted by Gasteiger charge is 2.37. The highest BCUT2D eigenvalue weighted by Crippen LogP contribution is 2.26. The van der Waals surface area contributed by atoms with E-state index >= 15 is 0 Å². The first kappa shape index (κ1) is 12.2. The van der Waals surface area contributed by atoms with Crippen molar-refractivity contribution in [2.75, 3.05) is 6.61 Å². The van der Waals surface area contributed by atoms with Crippen LogP contribution in [-0.2, 0) is 22.5 Å². The van der Waals surface area contributed by atoms with Crippen molar-refractivity contribution in [1.29, 1.82) is 0 Å². The van der Waals surface area contributed by atoms with Gasteiger partial charge >= 0.3 is 0 Å². The molecule has 0 amide bonds. The molecule has 1 saturated heterocycles. The molecular weight excluding hydrogens is 218 g/mol. The van der Waals surface area contributed by atoms with Crippen molar-refractivity contribution in [3.05, 3.63) is 12.2 Å². The van der Waals surface area contributed by atoms with E-state index in [-0.39, 0.29) is 5.78 Å². The molecule has 1 aromatic heterocycles. The van der Waals surface area contributed by atoms with Crippen molar-refractivity contribution in [3.63, 3.8) is 0 Å². The lowest BCUT2D eigenvalue weighted by Crippen LogP contribution is -2.36. The van der Waals surface area contributed by atoms with Crippen LogP contribution in [0.1, 0.15) is 38.9 Å². The Hall–Kier alpha value is -1.23. The standard InChI is InChI=1S/C12H19N3O2/c1-3-6-15-11(13-9-14-15)8-10(16)12(2)5-4-7-17-12/h9H,3-8H2,1-2H3. The molecule has 1 aliphatic rings. The maximum Gasteiger partial charge on any atom is 0.171 e. The third-order valence-corrected chi connectivity index (χ3v) is 3.26. The number of hydrogen-bond acceptors (Lipinski definition) is 4. The third kappa shape index (κ3) is 2.54. The van der Waals surface area contributed by atoms with Gasteiger partial charge in [0.15, 0.2) is 5.78 Å². The first-order chi connectivity index (χ1) is 8.15. The average molecular weight is 237 g/mol. The van der Waals surface area contributed by atoms with Gasteiger partial charge in [0, 0.05) is 13.2 Å². The molecule has 1 aromatic rings. The van der Waals surface area contributed by atoms with Crippen LogP contribution in [0.4, 0.5) is 0 Å². The molecule has 0 saturated carbocycles. The Morgan fingerprint density at radius 1 is 1.65 bits per heavy atom. The van der Waals surface area contributed by atoms with Crippen LogP contribution in [0.15, 0.2) is 6.33 Å². The number of hydrogen-bond donors (Lipinski definition) is 0. The highest BCUT2D eigenvalue weighted by atomic mass is 16.5. The van der Waals surface area contributed by atoms with Crippen LogP contribution < -0.4 is 0 Å². The Balaban J connectivity index is 2.04. The number of aryl methyl sites for hydroxylation is 1. The quantitative estimate of drug-likeness (QED) is 0.776. The number of ether oxygens (including phenoxy) is 1. The van der Waals surface area contributed by atoms with E-state index in [1.807, 2.05) is 6.92 Å². The summed E-state index contributed by atoms with van der Waals surface area (Å²) in [6.07, 6.45) is 4.59. The minimum Gasteiger partial charge on any atom is -0.367 e. The molecule has 1 fully saturated rings. The van der Waals surface area contributed by atoms with Crippen molar-refractivity contribution in [2.24, 2.45) is 0 Å². The summed E-state index contributed by atoms with van der Waals surface area (Å²) in [5.41, 5.74) is -0.608. The smallest absolute Gasteiger partial charge is 0.171 e. The predicted molar refractivity (Wildman–Crippen MR) is 62.6 cm³/mol. The summed E-state index contributed by atoms with van der Waals surface area (Å²) in [6, 6.07) is 0. The topological polar surface area (TPSA) is 57.0 Å². The van der Waals surface area contributed by atoms with Crippen molar-refractivity contribution in [2.45, 2.75) is 51.7 Å². The molecule has 2 heterocycles. The van der Waals surface area contributed by atoms with Crippen LogP contribution >= 0.6 is 0 Å². The Labute approximate surface area is 101 Å². The lowest BCUT2D eigenvalue weighted by molar-refractivity contribution is -0.136. The van der Waals surface area contributed by atoms with Gasteiger partial charge in [0.25, 0.3) is 0 Å². The van der Waals surface area contributed by atoms with Gasteiger partial charge in [-0.2, -0.15) is 5.10 Å². The fourth-order valence-corrected chi connectivity index (χ4v) is 2.15. The van der Waals surface area contributed by atoms with E-state index in [2.05, 4.69) is 17.0 Å². The van der Waals surface area contributed by atoms with Crippen LogP contribution in [0.5, 0.6) is 0 Å². The summed E-state index contributed by atoms with van der Waals surface area (Å²) in [5.74, 6) is 0.855. The predicted octanol–water partition coefficient (Wildman–Crippen LogP) is 1.37. The summed E-state index contributed by atoms with van der Waals surface area (Å²) in [7, 11) is 0. The Morgan fingerprint density at radius 2 is 2.47 bits per heavy atom. The fraction of sp³-hybridized carbons (Fsp3) is 0.750. The summed E-state index contributed by atoms with van der Waals surface area (Å²) in [4.78, 5) is 16.3. The lowest BCUT2D eigenvalue weighted by atomic mass is 9.95. The zero-order valence-corrected chi connectivity index (χ0v) is 10.5. The lowest BCUT2D eigenvalue weighted by Gasteiger charge is -2.21. The molecule has 2 rings (SSSR count). The number of ketones is 1. The first-order valence-electron chi connectivity index (χ1n) is 6.19. The van der Waals surface area contributed by atoms with Gasteiger partial charge in [-0.1, -0.05) is 6.92 Å². The SMILES string of the molecule is CCCn1ncnc1CC(=O)C1(C)CCCO1. The molecule has 1 unspecified atom stereocenters. The number of carbonyl (C=O) groups is 1. The van der Waals surface area contributed by atoms with Crippen LogP contribution in [0.25, 0.3) is 0 Å². The maximum absolute atomic E-state index is 12.2. The molecule has 1 aliphatic heterocycles. The van der Waals surface area contributed by atoms with Crippen molar-refractivity contribution in [1.82, 2.24) is 14.8 Å². The monoisotopic (exact) mass is 237 g/mol. The van der Waals surface area contributed by atoms with E-state index in [4.69, 9.17) is 4.74 Å². The zero-order chi connectivity index (χ0) is 12.3. The molecule has 0 spiro atoms. The fourth-order valence-electron chi connectivity index (χ4n) is 2.15. The molecule has 17 heavy (non-hydrogen) atoms. The Bertz CT molecular complexity index is 394. The first-order valence-corrected chi connectivity index (χ1v) is 6.19. The molecule has 0 aliphatic carbocycles. The van der Waals surface area contributed by atoms with E-state index in [9.17, 15) is 4.79 Å². The molecule has 0 aromatic carbocycles. The van der Waals surface area contributed by atoms with Crippen LogP contribution in [0.3, 0.4) is 0 Å². The third-order valence-electron chi connectivity index (χ3n) is 3.26. The number of nitrogens with zero attached hydrogens (tertiary/aromatic N) is 3. The summed E-state index contributed by atoms with van der Waals surface area (Å²) in [5, 5.41) is 4.12. The minimum atomic E-state index is -0.608. The largest absolute Gasteiger partial charge is 0.367 e. The van der Waals surface area contributed by atoms with E-state index in [1.165, 1.54) is 6.33 Å². The summed E-state index contributed by atoms with van der Waals surface area (Å²) >= 11 is 0. The minimum absolute atomic E-state index is 0.111. The zero-order valence-electron chi connectivity index (χ0n) is 10.5. The molecule has 1 atom stereocenters. The van der Waals surface area contributed by atoms with Crippen molar-refractivity contribution >= 4 is 5.78 Å². The van der Waals surface area contributed by atoms with E-state index < -0.39 is 5.60 Å². The highest BCUT2D eigenvalue weighted by molar-refractivity contribution is 5.88. The second kappa shape index (κ2) is 4.96. The number of rotatable bonds is 5. The maximum atomic E-state index is 12.2. The van der Waals surface area contributed by atoms with Gasteiger partial charge in [-0.15, -0.1) is 0 Å². The summed E-state index contributed by atoms with van der Waals surface area (Å²) in [6.45, 7) is 5.45. The molecule has 0 radical (unpaired) electrons. The van der Waals surface area contributed by atoms with Gasteiger partial charge < -0.3 is 4.74 Å². The molecule has 5 nitrogen and oxygen atoms in total. The molecular formula is C12H19N3O2. The Morgan fingerprint density at radius 3 is 3.12 bits per heavy atom. The molecule has 5 heteroatoms. The van der Waals surface area contributed by atoms with Crippen LogP contribution in [0.2, 0.25) is 0 Å². The van der Waals surface area contributed by atoms with Gasteiger partial charge in [0.05, 0.1) is 6.42 Å². The Kier molecular flexibility index (Phi) is 3.57. The number of carbonyl (C=O) groups excluding carboxylic acids is 1. The van der Waals surface area contributed by atoms with E-state index in [0.717, 1.165) is 31.6 Å². The van der Waals surface area contributed by atoms with Crippen LogP contribution in [0, 0.1) is 0 Å².